The number of anilines is 1. The monoisotopic (exact) mass is 661 g/mol. The van der Waals surface area contributed by atoms with E-state index >= 15 is 0 Å². The number of Topliss-reactive ketones (excluding diaryl/α,β-unsaturated/α-hetero) is 1. The molecule has 0 unspecified atom stereocenters. The molecule has 1 fully saturated rings. The summed E-state index contributed by atoms with van der Waals surface area (Å²) in [5.41, 5.74) is 2.56. The standard InChI is InChI=1S/C35H46F3N3O6/c1-8-23-10-9-14-34(7,46)21(3)17-28(47-30(43)19-29(42)33(5,6)32(45)22(4)31(23)44)20(2)16-24-13-15-41(40-24)25-11-12-27(39)26(18-25)35(36,37)38/h1,11-13,15-16,18,21-23,28-29,31,42,44,46H,9-10,14,17,19,39H2,2-7H3/b20-16+/t21-,22+,23-,28-,29-,31+,34+/m0/s1. The number of nitrogen functional groups attached to an aromatic ring is 1. The van der Waals surface area contributed by atoms with E-state index in [0.717, 1.165) is 12.1 Å². The summed E-state index contributed by atoms with van der Waals surface area (Å²) < 4.78 is 47.4. The van der Waals surface area contributed by atoms with E-state index < -0.39 is 82.7 Å². The molecular weight excluding hydrogens is 615 g/mol. The Balaban J connectivity index is 1.95. The highest BCUT2D eigenvalue weighted by Gasteiger charge is 2.43. The number of carbonyl (C=O) groups is 2. The van der Waals surface area contributed by atoms with E-state index in [1.54, 1.807) is 32.9 Å². The van der Waals surface area contributed by atoms with E-state index in [9.17, 15) is 38.1 Å². The number of ketones is 1. The van der Waals surface area contributed by atoms with Crippen LogP contribution >= 0.6 is 0 Å². The number of nitrogens with two attached hydrogens (primary N) is 1. The molecule has 2 aromatic rings. The minimum atomic E-state index is -4.64. The van der Waals surface area contributed by atoms with Gasteiger partial charge in [0.1, 0.15) is 11.9 Å². The lowest BCUT2D eigenvalue weighted by Crippen LogP contribution is -2.46. The number of aliphatic hydroxyl groups is 3. The summed E-state index contributed by atoms with van der Waals surface area (Å²) in [6, 6.07) is 5.06. The summed E-state index contributed by atoms with van der Waals surface area (Å²) >= 11 is 0. The Bertz CT molecular complexity index is 1510. The van der Waals surface area contributed by atoms with Crippen LogP contribution in [0.5, 0.6) is 0 Å². The summed E-state index contributed by atoms with van der Waals surface area (Å²) in [6.45, 7) is 9.73. The number of cyclic esters (lactones) is 1. The fraction of sp³-hybridized carbons (Fsp3) is 0.571. The molecule has 0 bridgehead atoms. The molecule has 7 atom stereocenters. The smallest absolute Gasteiger partial charge is 0.418 e. The average molecular weight is 662 g/mol. The Morgan fingerprint density at radius 3 is 2.47 bits per heavy atom. The molecule has 0 amide bonds. The van der Waals surface area contributed by atoms with Crippen molar-refractivity contribution in [2.24, 2.45) is 23.2 Å². The van der Waals surface area contributed by atoms with E-state index in [4.69, 9.17) is 16.9 Å². The van der Waals surface area contributed by atoms with Crippen molar-refractivity contribution in [1.82, 2.24) is 9.78 Å². The van der Waals surface area contributed by atoms with Gasteiger partial charge in [0, 0.05) is 23.7 Å². The number of esters is 1. The van der Waals surface area contributed by atoms with E-state index in [1.165, 1.54) is 30.8 Å². The van der Waals surface area contributed by atoms with Gasteiger partial charge in [-0.15, -0.1) is 12.3 Å². The summed E-state index contributed by atoms with van der Waals surface area (Å²) in [4.78, 5) is 26.6. The Morgan fingerprint density at radius 1 is 1.19 bits per heavy atom. The first-order valence-electron chi connectivity index (χ1n) is 15.7. The topological polar surface area (TPSA) is 148 Å². The summed E-state index contributed by atoms with van der Waals surface area (Å²) in [5, 5.41) is 37.7. The molecule has 1 saturated heterocycles. The number of aromatic nitrogens is 2. The molecule has 3 rings (SSSR count). The summed E-state index contributed by atoms with van der Waals surface area (Å²) in [7, 11) is 0. The number of rotatable bonds is 3. The SMILES string of the molecule is C#C[C@H]1CCC[C@@](C)(O)[C@@H](C)C[C@@H](/C(C)=C/c2ccn(-c3ccc(N)c(C(F)(F)F)c3)n2)OC(=O)C[C@H](O)C(C)(C)C(=O)[C@H](C)[C@H]1O. The highest BCUT2D eigenvalue weighted by atomic mass is 19.4. The summed E-state index contributed by atoms with van der Waals surface area (Å²) in [5.74, 6) is -0.644. The molecule has 1 aromatic carbocycles. The highest BCUT2D eigenvalue weighted by molar-refractivity contribution is 5.88. The van der Waals surface area contributed by atoms with Crippen molar-refractivity contribution < 1.29 is 42.8 Å². The van der Waals surface area contributed by atoms with Crippen LogP contribution in [0.2, 0.25) is 0 Å². The van der Waals surface area contributed by atoms with Crippen LogP contribution in [0.25, 0.3) is 11.8 Å². The van der Waals surface area contributed by atoms with E-state index in [2.05, 4.69) is 11.0 Å². The molecule has 1 aliphatic heterocycles. The number of hydrogen-bond donors (Lipinski definition) is 4. The van der Waals surface area contributed by atoms with Gasteiger partial charge in [-0.3, -0.25) is 9.59 Å². The largest absolute Gasteiger partial charge is 0.458 e. The van der Waals surface area contributed by atoms with Crippen molar-refractivity contribution in [3.8, 4) is 18.0 Å². The van der Waals surface area contributed by atoms with E-state index in [1.807, 2.05) is 6.92 Å². The molecule has 5 N–H and O–H groups in total. The molecule has 0 saturated carbocycles. The number of benzene rings is 1. The Hall–Kier alpha value is -3.66. The lowest BCUT2D eigenvalue weighted by molar-refractivity contribution is -0.155. The Labute approximate surface area is 274 Å². The fourth-order valence-electron chi connectivity index (χ4n) is 5.87. The van der Waals surface area contributed by atoms with Crippen molar-refractivity contribution in [1.29, 1.82) is 0 Å². The van der Waals surface area contributed by atoms with Crippen LogP contribution in [0.4, 0.5) is 18.9 Å². The van der Waals surface area contributed by atoms with Gasteiger partial charge in [0.15, 0.2) is 0 Å². The molecule has 0 spiro atoms. The van der Waals surface area contributed by atoms with Crippen molar-refractivity contribution >= 4 is 23.5 Å². The minimum Gasteiger partial charge on any atom is -0.458 e. The van der Waals surface area contributed by atoms with E-state index in [0.29, 0.717) is 30.5 Å². The predicted octanol–water partition coefficient (Wildman–Crippen LogP) is 5.34. The van der Waals surface area contributed by atoms with Crippen LogP contribution in [0.15, 0.2) is 36.0 Å². The van der Waals surface area contributed by atoms with E-state index in [-0.39, 0.29) is 12.1 Å². The van der Waals surface area contributed by atoms with Gasteiger partial charge in [-0.25, -0.2) is 4.68 Å². The molecule has 258 valence electrons. The lowest BCUT2D eigenvalue weighted by Gasteiger charge is -2.36. The maximum atomic E-state index is 13.4. The second-order valence-corrected chi connectivity index (χ2v) is 13.6. The van der Waals surface area contributed by atoms with Crippen LogP contribution < -0.4 is 5.73 Å². The number of halogens is 3. The first-order valence-corrected chi connectivity index (χ1v) is 15.7. The Morgan fingerprint density at radius 2 is 1.85 bits per heavy atom. The summed E-state index contributed by atoms with van der Waals surface area (Å²) in [6.07, 6.45) is 1.51. The molecule has 0 aliphatic carbocycles. The quantitative estimate of drug-likeness (QED) is 0.196. The highest BCUT2D eigenvalue weighted by Crippen LogP contribution is 2.36. The average Bonchev–Trinajstić information content (AvgIpc) is 3.45. The normalized spacial score (nSPS) is 30.4. The van der Waals surface area contributed by atoms with Crippen LogP contribution in [-0.2, 0) is 20.5 Å². The molecule has 0 radical (unpaired) electrons. The molecule has 47 heavy (non-hydrogen) atoms. The third-order valence-corrected chi connectivity index (χ3v) is 9.58. The minimum absolute atomic E-state index is 0.143. The third kappa shape index (κ3) is 9.03. The molecule has 12 heteroatoms. The van der Waals surface area contributed by atoms with Crippen LogP contribution in [0.3, 0.4) is 0 Å². The van der Waals surface area contributed by atoms with Crippen molar-refractivity contribution in [3.05, 3.63) is 47.3 Å². The van der Waals surface area contributed by atoms with Crippen LogP contribution in [0.1, 0.15) is 84.9 Å². The molecule has 2 heterocycles. The molecule has 1 aliphatic rings. The first kappa shape index (κ1) is 37.8. The molecule has 9 nitrogen and oxygen atoms in total. The van der Waals surface area contributed by atoms with Gasteiger partial charge in [0.25, 0.3) is 0 Å². The number of hydrogen-bond acceptors (Lipinski definition) is 8. The van der Waals surface area contributed by atoms with Gasteiger partial charge in [-0.05, 0) is 81.4 Å². The maximum absolute atomic E-state index is 13.4. The van der Waals surface area contributed by atoms with Crippen molar-refractivity contribution in [2.45, 2.75) is 104 Å². The van der Waals surface area contributed by atoms with Gasteiger partial charge < -0.3 is 25.8 Å². The van der Waals surface area contributed by atoms with Gasteiger partial charge in [0.2, 0.25) is 0 Å². The van der Waals surface area contributed by atoms with Gasteiger partial charge in [-0.2, -0.15) is 18.3 Å². The Kier molecular flexibility index (Phi) is 11.8. The molecular formula is C35H46F3N3O6. The van der Waals surface area contributed by atoms with Gasteiger partial charge in [-0.1, -0.05) is 27.7 Å². The lowest BCUT2D eigenvalue weighted by atomic mass is 9.72. The maximum Gasteiger partial charge on any atom is 0.418 e. The van der Waals surface area contributed by atoms with Gasteiger partial charge in [0.05, 0.1) is 46.6 Å². The number of carbonyl (C=O) groups excluding carboxylic acids is 2. The van der Waals surface area contributed by atoms with Gasteiger partial charge >= 0.3 is 12.1 Å². The second kappa shape index (κ2) is 14.6. The zero-order valence-corrected chi connectivity index (χ0v) is 27.7. The number of nitrogens with zero attached hydrogens (tertiary/aromatic N) is 2. The van der Waals surface area contributed by atoms with Crippen LogP contribution in [0, 0.1) is 35.5 Å². The zero-order chi connectivity index (χ0) is 35.5. The predicted molar refractivity (Wildman–Crippen MR) is 172 cm³/mol. The van der Waals surface area contributed by atoms with Crippen LogP contribution in [-0.4, -0.2) is 60.8 Å². The zero-order valence-electron chi connectivity index (χ0n) is 27.7. The van der Waals surface area contributed by atoms with Crippen molar-refractivity contribution in [2.75, 3.05) is 5.73 Å². The fourth-order valence-corrected chi connectivity index (χ4v) is 5.87. The van der Waals surface area contributed by atoms with Crippen molar-refractivity contribution in [3.63, 3.8) is 0 Å². The number of alkyl halides is 3. The number of aliphatic hydroxyl groups excluding tert-OH is 2. The first-order chi connectivity index (χ1) is 21.7. The molecule has 1 aromatic heterocycles. The second-order valence-electron chi connectivity index (χ2n) is 13.6. The number of ether oxygens (including phenoxy) is 1. The third-order valence-electron chi connectivity index (χ3n) is 9.58. The number of terminal acetylenes is 1.